The SMILES string of the molecule is CCCCCCCCC(C#N)C(=O)OC(C)CCCCCC. The minimum atomic E-state index is -0.579. The summed E-state index contributed by atoms with van der Waals surface area (Å²) in [5.74, 6) is -0.900. The molecule has 22 heavy (non-hydrogen) atoms. The van der Waals surface area contributed by atoms with Crippen LogP contribution in [0.15, 0.2) is 0 Å². The predicted octanol–water partition coefficient (Wildman–Crippen LogP) is 5.78. The Bertz CT molecular complexity index is 309. The van der Waals surface area contributed by atoms with Gasteiger partial charge in [0.2, 0.25) is 0 Å². The fraction of sp³-hybridized carbons (Fsp3) is 0.895. The van der Waals surface area contributed by atoms with Crippen molar-refractivity contribution in [1.29, 1.82) is 5.26 Å². The van der Waals surface area contributed by atoms with E-state index in [1.165, 1.54) is 44.9 Å². The van der Waals surface area contributed by atoms with E-state index in [1.807, 2.05) is 6.92 Å². The fourth-order valence-corrected chi connectivity index (χ4v) is 2.56. The van der Waals surface area contributed by atoms with E-state index in [0.29, 0.717) is 6.42 Å². The van der Waals surface area contributed by atoms with Crippen molar-refractivity contribution in [1.82, 2.24) is 0 Å². The third-order valence-electron chi connectivity index (χ3n) is 4.07. The molecule has 0 heterocycles. The first-order chi connectivity index (χ1) is 10.7. The summed E-state index contributed by atoms with van der Waals surface area (Å²) in [6.45, 7) is 6.32. The number of esters is 1. The van der Waals surface area contributed by atoms with E-state index < -0.39 is 5.92 Å². The lowest BCUT2D eigenvalue weighted by Crippen LogP contribution is -2.21. The molecule has 0 saturated heterocycles. The highest BCUT2D eigenvalue weighted by atomic mass is 16.5. The van der Waals surface area contributed by atoms with Gasteiger partial charge >= 0.3 is 5.97 Å². The molecule has 0 fully saturated rings. The second-order valence-corrected chi connectivity index (χ2v) is 6.33. The highest BCUT2D eigenvalue weighted by Gasteiger charge is 2.21. The van der Waals surface area contributed by atoms with Gasteiger partial charge in [-0.3, -0.25) is 4.79 Å². The molecule has 0 rings (SSSR count). The van der Waals surface area contributed by atoms with Crippen LogP contribution < -0.4 is 0 Å². The molecule has 128 valence electrons. The maximum Gasteiger partial charge on any atom is 0.323 e. The number of unbranched alkanes of at least 4 members (excludes halogenated alkanes) is 8. The van der Waals surface area contributed by atoms with Gasteiger partial charge in [-0.2, -0.15) is 5.26 Å². The Morgan fingerprint density at radius 3 is 2.00 bits per heavy atom. The number of carbonyl (C=O) groups excluding carboxylic acids is 1. The molecule has 0 N–H and O–H groups in total. The smallest absolute Gasteiger partial charge is 0.323 e. The van der Waals surface area contributed by atoms with Crippen LogP contribution in [0.4, 0.5) is 0 Å². The summed E-state index contributed by atoms with van der Waals surface area (Å²) in [4.78, 5) is 12.0. The first-order valence-corrected chi connectivity index (χ1v) is 9.25. The maximum absolute atomic E-state index is 12.0. The van der Waals surface area contributed by atoms with Crippen LogP contribution in [0.3, 0.4) is 0 Å². The first-order valence-electron chi connectivity index (χ1n) is 9.25. The molecule has 0 aliphatic carbocycles. The van der Waals surface area contributed by atoms with E-state index in [2.05, 4.69) is 19.9 Å². The molecule has 3 nitrogen and oxygen atoms in total. The molecule has 0 aromatic carbocycles. The van der Waals surface area contributed by atoms with Crippen LogP contribution in [0.1, 0.15) is 97.8 Å². The second kappa shape index (κ2) is 14.9. The molecule has 0 aromatic rings. The third-order valence-corrected chi connectivity index (χ3v) is 4.07. The van der Waals surface area contributed by atoms with Crippen LogP contribution >= 0.6 is 0 Å². The largest absolute Gasteiger partial charge is 0.462 e. The second-order valence-electron chi connectivity index (χ2n) is 6.33. The van der Waals surface area contributed by atoms with Crippen molar-refractivity contribution in [2.24, 2.45) is 5.92 Å². The van der Waals surface area contributed by atoms with E-state index in [-0.39, 0.29) is 12.1 Å². The Hall–Kier alpha value is -1.04. The van der Waals surface area contributed by atoms with Gasteiger partial charge in [0.25, 0.3) is 0 Å². The predicted molar refractivity (Wildman–Crippen MR) is 91.4 cm³/mol. The number of hydrogen-bond acceptors (Lipinski definition) is 3. The normalized spacial score (nSPS) is 13.4. The lowest BCUT2D eigenvalue weighted by molar-refractivity contribution is -0.151. The Balaban J connectivity index is 3.82. The van der Waals surface area contributed by atoms with Crippen molar-refractivity contribution in [3.63, 3.8) is 0 Å². The van der Waals surface area contributed by atoms with Gasteiger partial charge in [0, 0.05) is 0 Å². The third kappa shape index (κ3) is 11.6. The highest BCUT2D eigenvalue weighted by molar-refractivity contribution is 5.75. The summed E-state index contributed by atoms with van der Waals surface area (Å²) in [5.41, 5.74) is 0. The molecule has 0 saturated carbocycles. The number of nitrogens with zero attached hydrogens (tertiary/aromatic N) is 1. The average molecular weight is 309 g/mol. The van der Waals surface area contributed by atoms with Crippen molar-refractivity contribution < 1.29 is 9.53 Å². The summed E-state index contributed by atoms with van der Waals surface area (Å²) < 4.78 is 5.42. The summed E-state index contributed by atoms with van der Waals surface area (Å²) in [5, 5.41) is 9.15. The van der Waals surface area contributed by atoms with Gasteiger partial charge in [-0.05, 0) is 26.2 Å². The number of nitriles is 1. The lowest BCUT2D eigenvalue weighted by Gasteiger charge is -2.15. The summed E-state index contributed by atoms with van der Waals surface area (Å²) in [7, 11) is 0. The van der Waals surface area contributed by atoms with Crippen LogP contribution in [-0.4, -0.2) is 12.1 Å². The quantitative estimate of drug-likeness (QED) is 0.302. The number of ether oxygens (including phenoxy) is 1. The van der Waals surface area contributed by atoms with E-state index >= 15 is 0 Å². The minimum absolute atomic E-state index is 0.0650. The molecule has 0 bridgehead atoms. The molecule has 2 unspecified atom stereocenters. The summed E-state index contributed by atoms with van der Waals surface area (Å²) >= 11 is 0. The van der Waals surface area contributed by atoms with Crippen LogP contribution in [-0.2, 0) is 9.53 Å². The van der Waals surface area contributed by atoms with Crippen molar-refractivity contribution in [2.75, 3.05) is 0 Å². The number of hydrogen-bond donors (Lipinski definition) is 0. The van der Waals surface area contributed by atoms with Gasteiger partial charge in [-0.15, -0.1) is 0 Å². The molecule has 0 aromatic heterocycles. The maximum atomic E-state index is 12.0. The molecule has 0 spiro atoms. The van der Waals surface area contributed by atoms with Gasteiger partial charge in [0.05, 0.1) is 12.2 Å². The average Bonchev–Trinajstić information content (AvgIpc) is 2.50. The Labute approximate surface area is 137 Å². The standard InChI is InChI=1S/C19H35NO2/c1-4-6-8-10-11-13-15-18(16-20)19(21)22-17(3)14-12-9-7-5-2/h17-18H,4-15H2,1-3H3. The van der Waals surface area contributed by atoms with Crippen LogP contribution in [0.2, 0.25) is 0 Å². The summed E-state index contributed by atoms with van der Waals surface area (Å²) in [6, 6.07) is 2.11. The molecule has 0 radical (unpaired) electrons. The Morgan fingerprint density at radius 2 is 1.41 bits per heavy atom. The Kier molecular flexibility index (Phi) is 14.2. The van der Waals surface area contributed by atoms with E-state index in [0.717, 1.165) is 25.7 Å². The molecule has 0 aliphatic rings. The zero-order chi connectivity index (χ0) is 16.6. The van der Waals surface area contributed by atoms with Gasteiger partial charge in [0.15, 0.2) is 0 Å². The highest BCUT2D eigenvalue weighted by Crippen LogP contribution is 2.15. The van der Waals surface area contributed by atoms with Crippen LogP contribution in [0.5, 0.6) is 0 Å². The van der Waals surface area contributed by atoms with E-state index in [9.17, 15) is 4.79 Å². The van der Waals surface area contributed by atoms with Gasteiger partial charge < -0.3 is 4.74 Å². The molecular formula is C19H35NO2. The fourth-order valence-electron chi connectivity index (χ4n) is 2.56. The van der Waals surface area contributed by atoms with Crippen molar-refractivity contribution in [3.8, 4) is 6.07 Å². The Morgan fingerprint density at radius 1 is 0.909 bits per heavy atom. The van der Waals surface area contributed by atoms with E-state index in [4.69, 9.17) is 10.00 Å². The zero-order valence-corrected chi connectivity index (χ0v) is 14.9. The molecule has 0 amide bonds. The van der Waals surface area contributed by atoms with Gasteiger partial charge in [-0.25, -0.2) is 0 Å². The lowest BCUT2D eigenvalue weighted by atomic mass is 10.0. The van der Waals surface area contributed by atoms with Crippen LogP contribution in [0, 0.1) is 17.2 Å². The minimum Gasteiger partial charge on any atom is -0.462 e. The van der Waals surface area contributed by atoms with Gasteiger partial charge in [0.1, 0.15) is 5.92 Å². The van der Waals surface area contributed by atoms with Crippen molar-refractivity contribution >= 4 is 5.97 Å². The molecule has 0 aliphatic heterocycles. The number of rotatable bonds is 14. The number of carbonyl (C=O) groups is 1. The van der Waals surface area contributed by atoms with E-state index in [1.54, 1.807) is 0 Å². The summed E-state index contributed by atoms with van der Waals surface area (Å²) in [6.07, 6.45) is 13.2. The topological polar surface area (TPSA) is 50.1 Å². The van der Waals surface area contributed by atoms with Crippen molar-refractivity contribution in [3.05, 3.63) is 0 Å². The molecule has 2 atom stereocenters. The monoisotopic (exact) mass is 309 g/mol. The first kappa shape index (κ1) is 21.0. The van der Waals surface area contributed by atoms with Gasteiger partial charge in [-0.1, -0.05) is 71.6 Å². The zero-order valence-electron chi connectivity index (χ0n) is 14.9. The molecule has 3 heteroatoms. The molecular weight excluding hydrogens is 274 g/mol. The van der Waals surface area contributed by atoms with Crippen LogP contribution in [0.25, 0.3) is 0 Å². The van der Waals surface area contributed by atoms with Crippen molar-refractivity contribution in [2.45, 2.75) is 104 Å².